The number of carbonyl (C=O) groups excluding carboxylic acids is 1. The molecule has 0 unspecified atom stereocenters. The average Bonchev–Trinajstić information content (AvgIpc) is 2.43. The van der Waals surface area contributed by atoms with Crippen LogP contribution in [0.2, 0.25) is 0 Å². The number of hydrogen-bond donors (Lipinski definition) is 1. The largest absolute Gasteiger partial charge is 0.353 e. The first-order valence-corrected chi connectivity index (χ1v) is 9.49. The molecule has 0 saturated heterocycles. The quantitative estimate of drug-likeness (QED) is 0.788. The van der Waals surface area contributed by atoms with E-state index in [4.69, 9.17) is 0 Å². The van der Waals surface area contributed by atoms with Crippen LogP contribution < -0.4 is 9.62 Å². The van der Waals surface area contributed by atoms with Crippen LogP contribution in [0.5, 0.6) is 0 Å². The number of benzene rings is 1. The molecule has 1 aromatic carbocycles. The summed E-state index contributed by atoms with van der Waals surface area (Å²) in [5, 5.41) is 2.86. The Morgan fingerprint density at radius 3 is 2.39 bits per heavy atom. The summed E-state index contributed by atoms with van der Waals surface area (Å²) in [7, 11) is -3.61. The smallest absolute Gasteiger partial charge is 0.232 e. The first-order chi connectivity index (χ1) is 10.6. The third-order valence-electron chi connectivity index (χ3n) is 3.68. The summed E-state index contributed by atoms with van der Waals surface area (Å²) in [6.45, 7) is 6.00. The molecule has 0 bridgehead atoms. The third-order valence-corrected chi connectivity index (χ3v) is 4.86. The van der Waals surface area contributed by atoms with Gasteiger partial charge in [0.2, 0.25) is 15.9 Å². The van der Waals surface area contributed by atoms with Crippen LogP contribution in [0.3, 0.4) is 0 Å². The Morgan fingerprint density at radius 1 is 1.26 bits per heavy atom. The predicted molar refractivity (Wildman–Crippen MR) is 90.3 cm³/mol. The van der Waals surface area contributed by atoms with Crippen molar-refractivity contribution >= 4 is 21.6 Å². The van der Waals surface area contributed by atoms with Crippen LogP contribution in [0.25, 0.3) is 0 Å². The van der Waals surface area contributed by atoms with Gasteiger partial charge in [-0.15, -0.1) is 0 Å². The number of rotatable bonds is 8. The van der Waals surface area contributed by atoms with Crippen LogP contribution in [0, 0.1) is 11.7 Å². The van der Waals surface area contributed by atoms with E-state index in [9.17, 15) is 17.6 Å². The molecule has 0 aliphatic rings. The second-order valence-corrected chi connectivity index (χ2v) is 7.90. The van der Waals surface area contributed by atoms with Crippen LogP contribution >= 0.6 is 0 Å². The number of nitrogens with one attached hydrogen (secondary N) is 1. The maximum atomic E-state index is 13.8. The van der Waals surface area contributed by atoms with Gasteiger partial charge in [-0.2, -0.15) is 0 Å². The standard InChI is InChI=1S/C16H25FN2O3S/c1-12(2)13(3)18-16(20)10-7-11-19(23(4,21)22)15-9-6-5-8-14(15)17/h5-6,8-9,12-13H,7,10-11H2,1-4H3,(H,18,20)/t13-/m0/s1. The minimum absolute atomic E-state index is 0.00552. The Hall–Kier alpha value is -1.63. The molecule has 0 heterocycles. The number of sulfonamides is 1. The molecule has 0 aliphatic heterocycles. The van der Waals surface area contributed by atoms with Gasteiger partial charge in [-0.3, -0.25) is 9.10 Å². The summed E-state index contributed by atoms with van der Waals surface area (Å²) >= 11 is 0. The molecule has 1 amide bonds. The molecular formula is C16H25FN2O3S. The second-order valence-electron chi connectivity index (χ2n) is 5.99. The number of carbonyl (C=O) groups is 1. The number of anilines is 1. The topological polar surface area (TPSA) is 66.5 Å². The highest BCUT2D eigenvalue weighted by Crippen LogP contribution is 2.21. The van der Waals surface area contributed by atoms with Gasteiger partial charge in [-0.1, -0.05) is 26.0 Å². The zero-order chi connectivity index (χ0) is 17.6. The Balaban J connectivity index is 2.68. The molecule has 0 radical (unpaired) electrons. The van der Waals surface area contributed by atoms with Crippen molar-refractivity contribution in [3.05, 3.63) is 30.1 Å². The van der Waals surface area contributed by atoms with E-state index < -0.39 is 15.8 Å². The Bertz CT molecular complexity index is 632. The van der Waals surface area contributed by atoms with Crippen molar-refractivity contribution in [2.45, 2.75) is 39.7 Å². The number of nitrogens with zero attached hydrogens (tertiary/aromatic N) is 1. The predicted octanol–water partition coefficient (Wildman–Crippen LogP) is 2.53. The van der Waals surface area contributed by atoms with Gasteiger partial charge in [0.05, 0.1) is 11.9 Å². The lowest BCUT2D eigenvalue weighted by molar-refractivity contribution is -0.122. The lowest BCUT2D eigenvalue weighted by atomic mass is 10.1. The van der Waals surface area contributed by atoms with Crippen molar-refractivity contribution < 1.29 is 17.6 Å². The van der Waals surface area contributed by atoms with E-state index >= 15 is 0 Å². The molecule has 130 valence electrons. The van der Waals surface area contributed by atoms with Gasteiger partial charge in [0.1, 0.15) is 5.82 Å². The van der Waals surface area contributed by atoms with Gasteiger partial charge in [-0.25, -0.2) is 12.8 Å². The molecule has 0 aromatic heterocycles. The fourth-order valence-corrected chi connectivity index (χ4v) is 2.96. The minimum atomic E-state index is -3.61. The Kier molecular flexibility index (Phi) is 7.00. The van der Waals surface area contributed by atoms with E-state index in [0.29, 0.717) is 12.3 Å². The van der Waals surface area contributed by atoms with Crippen molar-refractivity contribution in [3.8, 4) is 0 Å². The van der Waals surface area contributed by atoms with Crippen LogP contribution in [0.4, 0.5) is 10.1 Å². The molecule has 1 atom stereocenters. The van der Waals surface area contributed by atoms with Crippen molar-refractivity contribution in [2.75, 3.05) is 17.1 Å². The Labute approximate surface area is 137 Å². The number of hydrogen-bond acceptors (Lipinski definition) is 3. The lowest BCUT2D eigenvalue weighted by Crippen LogP contribution is -2.37. The summed E-state index contributed by atoms with van der Waals surface area (Å²) in [4.78, 5) is 11.8. The van der Waals surface area contributed by atoms with Gasteiger partial charge in [-0.05, 0) is 31.4 Å². The molecule has 5 nitrogen and oxygen atoms in total. The molecule has 7 heteroatoms. The average molecular weight is 344 g/mol. The van der Waals surface area contributed by atoms with Gasteiger partial charge >= 0.3 is 0 Å². The van der Waals surface area contributed by atoms with Crippen molar-refractivity contribution in [3.63, 3.8) is 0 Å². The normalized spacial score (nSPS) is 13.0. The summed E-state index contributed by atoms with van der Waals surface area (Å²) in [6.07, 6.45) is 1.54. The van der Waals surface area contributed by atoms with E-state index in [1.54, 1.807) is 6.07 Å². The van der Waals surface area contributed by atoms with E-state index in [0.717, 1.165) is 10.6 Å². The first-order valence-electron chi connectivity index (χ1n) is 7.64. The fraction of sp³-hybridized carbons (Fsp3) is 0.562. The maximum absolute atomic E-state index is 13.8. The molecule has 0 aliphatic carbocycles. The van der Waals surface area contributed by atoms with Crippen LogP contribution in [-0.4, -0.2) is 33.2 Å². The molecule has 0 spiro atoms. The highest BCUT2D eigenvalue weighted by Gasteiger charge is 2.20. The van der Waals surface area contributed by atoms with Crippen molar-refractivity contribution in [1.82, 2.24) is 5.32 Å². The van der Waals surface area contributed by atoms with Gasteiger partial charge < -0.3 is 5.32 Å². The van der Waals surface area contributed by atoms with Crippen LogP contribution in [0.15, 0.2) is 24.3 Å². The highest BCUT2D eigenvalue weighted by molar-refractivity contribution is 7.92. The van der Waals surface area contributed by atoms with E-state index in [1.165, 1.54) is 18.2 Å². The minimum Gasteiger partial charge on any atom is -0.353 e. The van der Waals surface area contributed by atoms with Crippen LogP contribution in [-0.2, 0) is 14.8 Å². The first kappa shape index (κ1) is 19.4. The molecule has 1 aromatic rings. The Morgan fingerprint density at radius 2 is 1.87 bits per heavy atom. The maximum Gasteiger partial charge on any atom is 0.232 e. The summed E-state index contributed by atoms with van der Waals surface area (Å²) in [5.74, 6) is -0.408. The number of amides is 1. The zero-order valence-corrected chi connectivity index (χ0v) is 14.9. The molecule has 0 fully saturated rings. The fourth-order valence-electron chi connectivity index (χ4n) is 1.99. The van der Waals surface area contributed by atoms with E-state index in [-0.39, 0.29) is 30.6 Å². The van der Waals surface area contributed by atoms with Crippen molar-refractivity contribution in [1.29, 1.82) is 0 Å². The van der Waals surface area contributed by atoms with Gasteiger partial charge in [0.15, 0.2) is 0 Å². The SMILES string of the molecule is CC(C)[C@H](C)NC(=O)CCCN(c1ccccc1F)S(C)(=O)=O. The van der Waals surface area contributed by atoms with Crippen LogP contribution in [0.1, 0.15) is 33.6 Å². The number of halogens is 1. The highest BCUT2D eigenvalue weighted by atomic mass is 32.2. The summed E-state index contributed by atoms with van der Waals surface area (Å²) < 4.78 is 38.6. The zero-order valence-electron chi connectivity index (χ0n) is 14.0. The molecule has 1 rings (SSSR count). The van der Waals surface area contributed by atoms with Gasteiger partial charge in [0, 0.05) is 19.0 Å². The van der Waals surface area contributed by atoms with E-state index in [2.05, 4.69) is 5.32 Å². The summed E-state index contributed by atoms with van der Waals surface area (Å²) in [6, 6.07) is 5.76. The lowest BCUT2D eigenvalue weighted by Gasteiger charge is -2.23. The van der Waals surface area contributed by atoms with E-state index in [1.807, 2.05) is 20.8 Å². The molecule has 23 heavy (non-hydrogen) atoms. The number of para-hydroxylation sites is 1. The third kappa shape index (κ3) is 6.17. The molecular weight excluding hydrogens is 319 g/mol. The second kappa shape index (κ2) is 8.29. The van der Waals surface area contributed by atoms with Crippen molar-refractivity contribution in [2.24, 2.45) is 5.92 Å². The monoisotopic (exact) mass is 344 g/mol. The molecule has 0 saturated carbocycles. The van der Waals surface area contributed by atoms with Gasteiger partial charge in [0.25, 0.3) is 0 Å². The summed E-state index contributed by atoms with van der Waals surface area (Å²) in [5.41, 5.74) is 0.00552. The molecule has 1 N–H and O–H groups in total.